The normalized spacial score (nSPS) is 16.0. The van der Waals surface area contributed by atoms with Gasteiger partial charge in [-0.1, -0.05) is 5.16 Å². The Balaban J connectivity index is 2.11. The van der Waals surface area contributed by atoms with Crippen LogP contribution < -0.4 is 4.72 Å². The average molecular weight is 366 g/mol. The Morgan fingerprint density at radius 1 is 1.30 bits per heavy atom. The lowest BCUT2D eigenvalue weighted by Gasteiger charge is -2.07. The molecule has 0 amide bonds. The molecule has 0 unspecified atom stereocenters. The Morgan fingerprint density at radius 2 is 1.96 bits per heavy atom. The number of aryl methyl sites for hydroxylation is 2. The molecule has 5 nitrogen and oxygen atoms in total. The molecule has 1 aliphatic carbocycles. The Labute approximate surface area is 134 Å². The third kappa shape index (κ3) is 3.15. The molecule has 23 heavy (non-hydrogen) atoms. The van der Waals surface area contributed by atoms with E-state index >= 15 is 0 Å². The van der Waals surface area contributed by atoms with Crippen LogP contribution in [0, 0.1) is 13.8 Å². The highest BCUT2D eigenvalue weighted by Crippen LogP contribution is 2.41. The van der Waals surface area contributed by atoms with Gasteiger partial charge in [-0.3, -0.25) is 0 Å². The number of halogens is 3. The lowest BCUT2D eigenvalue weighted by molar-refractivity contribution is -0.155. The number of aromatic nitrogens is 1. The third-order valence-corrected chi connectivity index (χ3v) is 6.26. The van der Waals surface area contributed by atoms with E-state index in [0.29, 0.717) is 9.75 Å². The van der Waals surface area contributed by atoms with Gasteiger partial charge in [0.15, 0.2) is 0 Å². The Hall–Kier alpha value is -1.39. The van der Waals surface area contributed by atoms with Crippen molar-refractivity contribution < 1.29 is 26.1 Å². The largest absolute Gasteiger partial charge is 0.452 e. The third-order valence-electron chi connectivity index (χ3n) is 3.42. The van der Waals surface area contributed by atoms with Crippen molar-refractivity contribution in [3.63, 3.8) is 0 Å². The number of nitrogens with one attached hydrogen (secondary N) is 1. The van der Waals surface area contributed by atoms with E-state index in [-0.39, 0.29) is 22.2 Å². The minimum Gasteiger partial charge on any atom is -0.351 e. The second-order valence-corrected chi connectivity index (χ2v) is 8.47. The number of rotatable bonds is 4. The molecule has 0 spiro atoms. The van der Waals surface area contributed by atoms with Crippen LogP contribution in [0.2, 0.25) is 0 Å². The van der Waals surface area contributed by atoms with Crippen molar-refractivity contribution >= 4 is 21.4 Å². The van der Waals surface area contributed by atoms with Crippen molar-refractivity contribution in [1.82, 2.24) is 9.88 Å². The summed E-state index contributed by atoms with van der Waals surface area (Å²) in [4.78, 5) is 1.05. The zero-order chi connectivity index (χ0) is 17.0. The van der Waals surface area contributed by atoms with Gasteiger partial charge in [0.05, 0.1) is 0 Å². The summed E-state index contributed by atoms with van der Waals surface area (Å²) < 4.78 is 70.0. The Bertz CT molecular complexity index is 848. The molecule has 2 aromatic heterocycles. The number of thiophene rings is 1. The minimum absolute atomic E-state index is 0.0195. The number of nitrogens with zero attached hydrogens (tertiary/aromatic N) is 1. The van der Waals surface area contributed by atoms with Crippen LogP contribution in [0.15, 0.2) is 15.5 Å². The molecule has 0 saturated heterocycles. The standard InChI is InChI=1S/C13H13F3N2O3S2/c1-6-11(9-5-10(21-17-9)13(14,15)16)12(7(2)22-6)23(19,20)18-8-3-4-8/h5,8,18H,3-4H2,1-2H3. The zero-order valence-corrected chi connectivity index (χ0v) is 13.8. The maximum absolute atomic E-state index is 12.7. The number of alkyl halides is 3. The van der Waals surface area contributed by atoms with E-state index in [1.54, 1.807) is 13.8 Å². The van der Waals surface area contributed by atoms with Gasteiger partial charge in [0.1, 0.15) is 10.6 Å². The van der Waals surface area contributed by atoms with Gasteiger partial charge in [-0.15, -0.1) is 11.3 Å². The number of hydrogen-bond acceptors (Lipinski definition) is 5. The lowest BCUT2D eigenvalue weighted by atomic mass is 10.1. The van der Waals surface area contributed by atoms with Gasteiger partial charge in [0, 0.05) is 27.4 Å². The van der Waals surface area contributed by atoms with Crippen LogP contribution in [-0.4, -0.2) is 19.6 Å². The minimum atomic E-state index is -4.67. The first kappa shape index (κ1) is 16.5. The molecule has 0 aromatic carbocycles. The van der Waals surface area contributed by atoms with E-state index in [0.717, 1.165) is 18.9 Å². The molecular weight excluding hydrogens is 353 g/mol. The summed E-state index contributed by atoms with van der Waals surface area (Å²) in [5.74, 6) is -1.26. The molecule has 1 N–H and O–H groups in total. The van der Waals surface area contributed by atoms with Gasteiger partial charge < -0.3 is 4.52 Å². The SMILES string of the molecule is Cc1sc(C)c(S(=O)(=O)NC2CC2)c1-c1cc(C(F)(F)F)on1. The molecule has 10 heteroatoms. The smallest absolute Gasteiger partial charge is 0.351 e. The second kappa shape index (κ2) is 5.32. The first-order valence-corrected chi connectivity index (χ1v) is 9.06. The van der Waals surface area contributed by atoms with Crippen molar-refractivity contribution in [3.8, 4) is 11.3 Å². The number of hydrogen-bond donors (Lipinski definition) is 1. The molecule has 0 aliphatic heterocycles. The maximum atomic E-state index is 12.7. The highest BCUT2D eigenvalue weighted by atomic mass is 32.2. The zero-order valence-electron chi connectivity index (χ0n) is 12.2. The molecule has 1 fully saturated rings. The first-order valence-electron chi connectivity index (χ1n) is 6.76. The average Bonchev–Trinajstić information content (AvgIpc) is 2.96. The molecule has 0 bridgehead atoms. The second-order valence-electron chi connectivity index (χ2n) is 5.39. The summed E-state index contributed by atoms with van der Waals surface area (Å²) >= 11 is 1.20. The van der Waals surface area contributed by atoms with Crippen molar-refractivity contribution in [2.24, 2.45) is 0 Å². The highest BCUT2D eigenvalue weighted by Gasteiger charge is 2.38. The number of sulfonamides is 1. The maximum Gasteiger partial charge on any atom is 0.452 e. The van der Waals surface area contributed by atoms with Crippen LogP contribution in [0.4, 0.5) is 13.2 Å². The fourth-order valence-corrected chi connectivity index (χ4v) is 5.47. The van der Waals surface area contributed by atoms with Gasteiger partial charge in [0.2, 0.25) is 15.8 Å². The van der Waals surface area contributed by atoms with Gasteiger partial charge in [0.25, 0.3) is 0 Å². The van der Waals surface area contributed by atoms with Crippen LogP contribution in [0.25, 0.3) is 11.3 Å². The van der Waals surface area contributed by atoms with Crippen LogP contribution in [-0.2, 0) is 16.2 Å². The molecular formula is C13H13F3N2O3S2. The van der Waals surface area contributed by atoms with Gasteiger partial charge >= 0.3 is 6.18 Å². The topological polar surface area (TPSA) is 72.2 Å². The van der Waals surface area contributed by atoms with Crippen LogP contribution in [0.3, 0.4) is 0 Å². The summed E-state index contributed by atoms with van der Waals surface area (Å²) in [5.41, 5.74) is 0.0373. The van der Waals surface area contributed by atoms with Crippen LogP contribution in [0.5, 0.6) is 0 Å². The van der Waals surface area contributed by atoms with Gasteiger partial charge in [-0.2, -0.15) is 13.2 Å². The predicted molar refractivity (Wildman–Crippen MR) is 77.6 cm³/mol. The van der Waals surface area contributed by atoms with E-state index in [9.17, 15) is 21.6 Å². The van der Waals surface area contributed by atoms with Crippen molar-refractivity contribution in [1.29, 1.82) is 0 Å². The Morgan fingerprint density at radius 3 is 2.48 bits per heavy atom. The van der Waals surface area contributed by atoms with Crippen molar-refractivity contribution in [3.05, 3.63) is 21.6 Å². The molecule has 1 aliphatic rings. The highest BCUT2D eigenvalue weighted by molar-refractivity contribution is 7.89. The molecule has 2 heterocycles. The molecule has 126 valence electrons. The van der Waals surface area contributed by atoms with E-state index in [1.807, 2.05) is 0 Å². The van der Waals surface area contributed by atoms with E-state index < -0.39 is 22.0 Å². The van der Waals surface area contributed by atoms with Crippen molar-refractivity contribution in [2.75, 3.05) is 0 Å². The summed E-state index contributed by atoms with van der Waals surface area (Å²) in [6, 6.07) is 0.625. The molecule has 3 rings (SSSR count). The van der Waals surface area contributed by atoms with Crippen LogP contribution >= 0.6 is 11.3 Å². The quantitative estimate of drug-likeness (QED) is 0.899. The first-order chi connectivity index (χ1) is 10.6. The van der Waals surface area contributed by atoms with Crippen LogP contribution in [0.1, 0.15) is 28.4 Å². The van der Waals surface area contributed by atoms with Gasteiger partial charge in [-0.25, -0.2) is 13.1 Å². The summed E-state index contributed by atoms with van der Waals surface area (Å²) in [6.45, 7) is 3.26. The fraction of sp³-hybridized carbons (Fsp3) is 0.462. The van der Waals surface area contributed by atoms with E-state index in [2.05, 4.69) is 14.4 Å². The monoisotopic (exact) mass is 366 g/mol. The molecule has 0 radical (unpaired) electrons. The van der Waals surface area contributed by atoms with Crippen molar-refractivity contribution in [2.45, 2.75) is 43.8 Å². The summed E-state index contributed by atoms with van der Waals surface area (Å²) in [6.07, 6.45) is -3.15. The summed E-state index contributed by atoms with van der Waals surface area (Å²) in [5, 5.41) is 3.42. The molecule has 2 aromatic rings. The fourth-order valence-electron chi connectivity index (χ4n) is 2.29. The van der Waals surface area contributed by atoms with Gasteiger partial charge in [-0.05, 0) is 26.7 Å². The predicted octanol–water partition coefficient (Wildman–Crippen LogP) is 3.48. The van der Waals surface area contributed by atoms with E-state index in [4.69, 9.17) is 0 Å². The Kier molecular flexibility index (Phi) is 3.81. The molecule has 1 saturated carbocycles. The lowest BCUT2D eigenvalue weighted by Crippen LogP contribution is -2.26. The van der Waals surface area contributed by atoms with E-state index in [1.165, 1.54) is 11.3 Å². The summed E-state index contributed by atoms with van der Waals surface area (Å²) in [7, 11) is -3.81. The molecule has 0 atom stereocenters.